The summed E-state index contributed by atoms with van der Waals surface area (Å²) >= 11 is 0. The molecule has 0 heterocycles. The monoisotopic (exact) mass is 392 g/mol. The van der Waals surface area contributed by atoms with Crippen LogP contribution in [0.1, 0.15) is 77.6 Å². The highest BCUT2D eigenvalue weighted by atomic mass is 32.2. The third kappa shape index (κ3) is 10.2. The molecule has 26 heavy (non-hydrogen) atoms. The van der Waals surface area contributed by atoms with E-state index in [2.05, 4.69) is 18.9 Å². The maximum absolute atomic E-state index is 11.2. The van der Waals surface area contributed by atoms with Crippen LogP contribution >= 0.6 is 0 Å². The Labute approximate surface area is 161 Å². The fourth-order valence-corrected chi connectivity index (χ4v) is 4.18. The molecule has 0 aromatic heterocycles. The molecule has 0 saturated heterocycles. The van der Waals surface area contributed by atoms with Crippen molar-refractivity contribution in [3.63, 3.8) is 0 Å². The SMILES string of the molecule is CCCCCN(C)CCCCCCOC1CCC(N(C)S(=O)(=O)O)CC1. The Morgan fingerprint density at radius 2 is 1.50 bits per heavy atom. The van der Waals surface area contributed by atoms with Gasteiger partial charge < -0.3 is 9.64 Å². The number of hydrogen-bond donors (Lipinski definition) is 1. The number of unbranched alkanes of at least 4 members (excludes halogenated alkanes) is 5. The molecule has 0 bridgehead atoms. The molecule has 0 radical (unpaired) electrons. The predicted molar refractivity (Wildman–Crippen MR) is 107 cm³/mol. The van der Waals surface area contributed by atoms with Crippen molar-refractivity contribution in [2.75, 3.05) is 33.8 Å². The number of rotatable bonds is 14. The Morgan fingerprint density at radius 1 is 0.923 bits per heavy atom. The van der Waals surface area contributed by atoms with Gasteiger partial charge in [-0.3, -0.25) is 4.55 Å². The number of hydrogen-bond acceptors (Lipinski definition) is 4. The van der Waals surface area contributed by atoms with Gasteiger partial charge >= 0.3 is 10.3 Å². The van der Waals surface area contributed by atoms with Crippen LogP contribution in [0.25, 0.3) is 0 Å². The van der Waals surface area contributed by atoms with E-state index < -0.39 is 10.3 Å². The van der Waals surface area contributed by atoms with Crippen molar-refractivity contribution in [3.05, 3.63) is 0 Å². The highest BCUT2D eigenvalue weighted by molar-refractivity contribution is 7.83. The van der Waals surface area contributed by atoms with E-state index in [4.69, 9.17) is 9.29 Å². The minimum Gasteiger partial charge on any atom is -0.378 e. The molecule has 156 valence electrons. The zero-order valence-electron chi connectivity index (χ0n) is 17.0. The molecule has 1 saturated carbocycles. The Morgan fingerprint density at radius 3 is 2.08 bits per heavy atom. The fraction of sp³-hybridized carbons (Fsp3) is 1.00. The van der Waals surface area contributed by atoms with E-state index >= 15 is 0 Å². The molecule has 0 aromatic carbocycles. The van der Waals surface area contributed by atoms with Gasteiger partial charge in [0.15, 0.2) is 0 Å². The second kappa shape index (κ2) is 13.0. The standard InChI is InChI=1S/C19H40N2O4S/c1-4-5-8-15-20(2)16-9-6-7-10-17-25-19-13-11-18(12-14-19)21(3)26(22,23)24/h18-19H,4-17H2,1-3H3,(H,22,23,24). The van der Waals surface area contributed by atoms with Gasteiger partial charge in [-0.1, -0.05) is 32.6 Å². The lowest BCUT2D eigenvalue weighted by molar-refractivity contribution is 0.0151. The Hall–Kier alpha value is -0.210. The van der Waals surface area contributed by atoms with E-state index in [9.17, 15) is 8.42 Å². The topological polar surface area (TPSA) is 70.1 Å². The van der Waals surface area contributed by atoms with Crippen LogP contribution in [0.4, 0.5) is 0 Å². The highest BCUT2D eigenvalue weighted by Crippen LogP contribution is 2.25. The molecular formula is C19H40N2O4S. The van der Waals surface area contributed by atoms with Crippen LogP contribution in [0.3, 0.4) is 0 Å². The van der Waals surface area contributed by atoms with E-state index in [0.717, 1.165) is 43.0 Å². The smallest absolute Gasteiger partial charge is 0.335 e. The molecule has 1 N–H and O–H groups in total. The molecule has 0 aromatic rings. The summed E-state index contributed by atoms with van der Waals surface area (Å²) in [5.74, 6) is 0. The summed E-state index contributed by atoms with van der Waals surface area (Å²) in [6.45, 7) is 5.45. The van der Waals surface area contributed by atoms with Gasteiger partial charge in [-0.25, -0.2) is 0 Å². The summed E-state index contributed by atoms with van der Waals surface area (Å²) < 4.78 is 38.5. The van der Waals surface area contributed by atoms with Crippen LogP contribution in [-0.2, 0) is 15.0 Å². The summed E-state index contributed by atoms with van der Waals surface area (Å²) in [5.41, 5.74) is 0. The Kier molecular flexibility index (Phi) is 12.0. The van der Waals surface area contributed by atoms with Crippen molar-refractivity contribution >= 4 is 10.3 Å². The molecule has 0 aliphatic heterocycles. The third-order valence-electron chi connectivity index (χ3n) is 5.45. The maximum atomic E-state index is 11.2. The third-order valence-corrected chi connectivity index (χ3v) is 6.48. The van der Waals surface area contributed by atoms with Gasteiger partial charge in [-0.2, -0.15) is 12.7 Å². The van der Waals surface area contributed by atoms with E-state index in [0.29, 0.717) is 0 Å². The van der Waals surface area contributed by atoms with Gasteiger partial charge in [0.1, 0.15) is 0 Å². The molecule has 0 atom stereocenters. The second-order valence-corrected chi connectivity index (χ2v) is 9.19. The van der Waals surface area contributed by atoms with E-state index in [1.807, 2.05) is 0 Å². The first kappa shape index (κ1) is 23.8. The molecule has 7 heteroatoms. The van der Waals surface area contributed by atoms with E-state index in [1.165, 1.54) is 58.7 Å². The molecule has 1 aliphatic carbocycles. The molecular weight excluding hydrogens is 352 g/mol. The lowest BCUT2D eigenvalue weighted by atomic mass is 9.93. The summed E-state index contributed by atoms with van der Waals surface area (Å²) in [5, 5.41) is 0. The Bertz CT molecular complexity index is 450. The minimum atomic E-state index is -4.07. The van der Waals surface area contributed by atoms with Crippen molar-refractivity contribution in [1.82, 2.24) is 9.21 Å². The van der Waals surface area contributed by atoms with Crippen molar-refractivity contribution < 1.29 is 17.7 Å². The van der Waals surface area contributed by atoms with E-state index in [1.54, 1.807) is 0 Å². The van der Waals surface area contributed by atoms with Gasteiger partial charge in [-0.15, -0.1) is 0 Å². The molecule has 1 fully saturated rings. The second-order valence-electron chi connectivity index (χ2n) is 7.72. The van der Waals surface area contributed by atoms with Gasteiger partial charge in [0.25, 0.3) is 0 Å². The summed E-state index contributed by atoms with van der Waals surface area (Å²) in [7, 11) is -0.410. The largest absolute Gasteiger partial charge is 0.378 e. The van der Waals surface area contributed by atoms with Crippen molar-refractivity contribution in [1.29, 1.82) is 0 Å². The van der Waals surface area contributed by atoms with Crippen molar-refractivity contribution in [2.45, 2.75) is 89.7 Å². The predicted octanol–water partition coefficient (Wildman–Crippen LogP) is 3.73. The van der Waals surface area contributed by atoms with Crippen LogP contribution in [0.2, 0.25) is 0 Å². The lowest BCUT2D eigenvalue weighted by Crippen LogP contribution is -2.40. The normalized spacial score (nSPS) is 21.6. The minimum absolute atomic E-state index is 0.0980. The summed E-state index contributed by atoms with van der Waals surface area (Å²) in [6, 6.07) is -0.0980. The van der Waals surface area contributed by atoms with Crippen LogP contribution in [0.15, 0.2) is 0 Å². The number of nitrogens with zero attached hydrogens (tertiary/aromatic N) is 2. The number of ether oxygens (including phenoxy) is 1. The first-order valence-electron chi connectivity index (χ1n) is 10.3. The molecule has 6 nitrogen and oxygen atoms in total. The zero-order chi connectivity index (χ0) is 19.4. The van der Waals surface area contributed by atoms with Gasteiger partial charge in [-0.05, 0) is 65.1 Å². The Balaban J connectivity index is 1.98. The average Bonchev–Trinajstić information content (AvgIpc) is 2.60. The first-order valence-corrected chi connectivity index (χ1v) is 11.7. The van der Waals surface area contributed by atoms with Crippen molar-refractivity contribution in [3.8, 4) is 0 Å². The molecule has 0 amide bonds. The quantitative estimate of drug-likeness (QED) is 0.360. The maximum Gasteiger partial charge on any atom is 0.335 e. The molecule has 0 spiro atoms. The highest BCUT2D eigenvalue weighted by Gasteiger charge is 2.29. The summed E-state index contributed by atoms with van der Waals surface area (Å²) in [6.07, 6.45) is 12.2. The first-order chi connectivity index (χ1) is 12.3. The molecule has 1 rings (SSSR count). The van der Waals surface area contributed by atoms with Crippen molar-refractivity contribution in [2.24, 2.45) is 0 Å². The molecule has 1 aliphatic rings. The van der Waals surface area contributed by atoms with Gasteiger partial charge in [0.05, 0.1) is 6.10 Å². The fourth-order valence-electron chi connectivity index (χ4n) is 3.59. The van der Waals surface area contributed by atoms with Crippen LogP contribution in [0.5, 0.6) is 0 Å². The average molecular weight is 393 g/mol. The lowest BCUT2D eigenvalue weighted by Gasteiger charge is -2.32. The van der Waals surface area contributed by atoms with Gasteiger partial charge in [0, 0.05) is 19.7 Å². The van der Waals surface area contributed by atoms with E-state index in [-0.39, 0.29) is 12.1 Å². The van der Waals surface area contributed by atoms with Crippen LogP contribution < -0.4 is 0 Å². The zero-order valence-corrected chi connectivity index (χ0v) is 17.8. The van der Waals surface area contributed by atoms with Crippen LogP contribution in [-0.4, -0.2) is 68.1 Å². The van der Waals surface area contributed by atoms with Gasteiger partial charge in [0.2, 0.25) is 0 Å². The molecule has 0 unspecified atom stereocenters. The van der Waals surface area contributed by atoms with Crippen LogP contribution in [0, 0.1) is 0 Å². The summed E-state index contributed by atoms with van der Waals surface area (Å²) in [4.78, 5) is 2.44.